The fraction of sp³-hybridized carbons (Fsp3) is 0.500. The number of rotatable bonds is 4. The highest BCUT2D eigenvalue weighted by Crippen LogP contribution is 2.23. The molecular weight excluding hydrogens is 302 g/mol. The zero-order chi connectivity index (χ0) is 16.4. The normalized spacial score (nSPS) is 20.0. The van der Waals surface area contributed by atoms with Gasteiger partial charge in [-0.3, -0.25) is 4.79 Å². The molecule has 6 nitrogen and oxygen atoms in total. The van der Waals surface area contributed by atoms with E-state index in [2.05, 4.69) is 37.3 Å². The van der Waals surface area contributed by atoms with Crippen molar-refractivity contribution < 1.29 is 4.79 Å². The monoisotopic (exact) mass is 325 g/mol. The standard InChI is InChI=1S/C18H23N5O/c24-18(14-4-5-15-16(9-14)22-12-21-15)20-11-13-3-6-17(19-10-13)23-7-1-2-8-23/h3,6,10,12,14H,1-2,4-5,7-9,11H2,(H,20,24)(H,21,22)/t14-/m0/s1. The van der Waals surface area contributed by atoms with Crippen LogP contribution in [0.5, 0.6) is 0 Å². The van der Waals surface area contributed by atoms with Gasteiger partial charge in [0.25, 0.3) is 0 Å². The maximum absolute atomic E-state index is 12.4. The Balaban J connectivity index is 1.31. The van der Waals surface area contributed by atoms with E-state index in [1.165, 1.54) is 12.8 Å². The maximum Gasteiger partial charge on any atom is 0.223 e. The van der Waals surface area contributed by atoms with Crippen LogP contribution in [-0.4, -0.2) is 33.9 Å². The van der Waals surface area contributed by atoms with Gasteiger partial charge in [-0.05, 0) is 37.3 Å². The molecule has 0 saturated carbocycles. The van der Waals surface area contributed by atoms with Gasteiger partial charge in [0.15, 0.2) is 0 Å². The van der Waals surface area contributed by atoms with Crippen LogP contribution in [0.25, 0.3) is 0 Å². The van der Waals surface area contributed by atoms with Crippen molar-refractivity contribution in [2.75, 3.05) is 18.0 Å². The number of H-pyrrole nitrogens is 1. The number of carbonyl (C=O) groups is 1. The highest BCUT2D eigenvalue weighted by atomic mass is 16.1. The number of aromatic nitrogens is 3. The second-order valence-electron chi connectivity index (χ2n) is 6.70. The molecule has 1 saturated heterocycles. The number of carbonyl (C=O) groups excluding carboxylic acids is 1. The molecule has 3 heterocycles. The summed E-state index contributed by atoms with van der Waals surface area (Å²) < 4.78 is 0. The number of nitrogens with one attached hydrogen (secondary N) is 2. The minimum Gasteiger partial charge on any atom is -0.357 e. The number of amides is 1. The van der Waals surface area contributed by atoms with E-state index < -0.39 is 0 Å². The Kier molecular flexibility index (Phi) is 4.19. The first-order valence-corrected chi connectivity index (χ1v) is 8.78. The fourth-order valence-corrected chi connectivity index (χ4v) is 3.61. The van der Waals surface area contributed by atoms with E-state index in [0.29, 0.717) is 6.54 Å². The third kappa shape index (κ3) is 3.13. The summed E-state index contributed by atoms with van der Waals surface area (Å²) in [5, 5.41) is 3.05. The van der Waals surface area contributed by atoms with Crippen molar-refractivity contribution in [3.63, 3.8) is 0 Å². The molecule has 0 unspecified atom stereocenters. The number of hydrogen-bond donors (Lipinski definition) is 2. The molecule has 1 atom stereocenters. The molecule has 6 heteroatoms. The second kappa shape index (κ2) is 6.63. The van der Waals surface area contributed by atoms with E-state index in [0.717, 1.165) is 55.1 Å². The minimum absolute atomic E-state index is 0.0368. The van der Waals surface area contributed by atoms with Crippen molar-refractivity contribution >= 4 is 11.7 Å². The number of pyridine rings is 1. The predicted molar refractivity (Wildman–Crippen MR) is 91.6 cm³/mol. The number of imidazole rings is 1. The largest absolute Gasteiger partial charge is 0.357 e. The zero-order valence-electron chi connectivity index (χ0n) is 13.8. The van der Waals surface area contributed by atoms with Gasteiger partial charge in [-0.25, -0.2) is 9.97 Å². The molecule has 126 valence electrons. The number of aromatic amines is 1. The molecule has 1 aliphatic carbocycles. The number of anilines is 1. The molecule has 1 aliphatic heterocycles. The van der Waals surface area contributed by atoms with Crippen LogP contribution in [0.3, 0.4) is 0 Å². The molecule has 1 amide bonds. The lowest BCUT2D eigenvalue weighted by atomic mass is 9.89. The van der Waals surface area contributed by atoms with Gasteiger partial charge in [-0.2, -0.15) is 0 Å². The lowest BCUT2D eigenvalue weighted by molar-refractivity contribution is -0.125. The van der Waals surface area contributed by atoms with Gasteiger partial charge in [-0.15, -0.1) is 0 Å². The molecule has 4 rings (SSSR count). The third-order valence-corrected chi connectivity index (χ3v) is 5.06. The molecule has 24 heavy (non-hydrogen) atoms. The van der Waals surface area contributed by atoms with Gasteiger partial charge in [0.1, 0.15) is 5.82 Å². The van der Waals surface area contributed by atoms with Crippen LogP contribution >= 0.6 is 0 Å². The quantitative estimate of drug-likeness (QED) is 0.899. The van der Waals surface area contributed by atoms with Crippen molar-refractivity contribution in [1.29, 1.82) is 0 Å². The van der Waals surface area contributed by atoms with Gasteiger partial charge >= 0.3 is 0 Å². The fourth-order valence-electron chi connectivity index (χ4n) is 3.61. The number of nitrogens with zero attached hydrogens (tertiary/aromatic N) is 3. The van der Waals surface area contributed by atoms with Crippen LogP contribution in [0.15, 0.2) is 24.7 Å². The summed E-state index contributed by atoms with van der Waals surface area (Å²) in [5.74, 6) is 1.20. The molecule has 0 radical (unpaired) electrons. The highest BCUT2D eigenvalue weighted by Gasteiger charge is 2.25. The van der Waals surface area contributed by atoms with Crippen LogP contribution < -0.4 is 10.2 Å². The average Bonchev–Trinajstić information content (AvgIpc) is 3.30. The van der Waals surface area contributed by atoms with E-state index in [-0.39, 0.29) is 11.8 Å². The SMILES string of the molecule is O=C(NCc1ccc(N2CCCC2)nc1)[C@H]1CCc2nc[nH]c2C1. The van der Waals surface area contributed by atoms with E-state index >= 15 is 0 Å². The zero-order valence-corrected chi connectivity index (χ0v) is 13.8. The van der Waals surface area contributed by atoms with Crippen LogP contribution in [0.1, 0.15) is 36.2 Å². The Morgan fingerprint density at radius 1 is 1.29 bits per heavy atom. The molecule has 2 aromatic rings. The number of aryl methyl sites for hydroxylation is 1. The lowest BCUT2D eigenvalue weighted by Crippen LogP contribution is -2.33. The van der Waals surface area contributed by atoms with Gasteiger partial charge in [0.2, 0.25) is 5.91 Å². The average molecular weight is 325 g/mol. The first-order valence-electron chi connectivity index (χ1n) is 8.78. The van der Waals surface area contributed by atoms with Crippen LogP contribution in [0, 0.1) is 5.92 Å². The van der Waals surface area contributed by atoms with Gasteiger partial charge in [0, 0.05) is 43.9 Å². The number of fused-ring (bicyclic) bond motifs is 1. The molecule has 0 bridgehead atoms. The number of hydrogen-bond acceptors (Lipinski definition) is 4. The van der Waals surface area contributed by atoms with E-state index in [4.69, 9.17) is 0 Å². The summed E-state index contributed by atoms with van der Waals surface area (Å²) in [6, 6.07) is 4.12. The summed E-state index contributed by atoms with van der Waals surface area (Å²) in [7, 11) is 0. The smallest absolute Gasteiger partial charge is 0.223 e. The van der Waals surface area contributed by atoms with Crippen molar-refractivity contribution in [3.8, 4) is 0 Å². The summed E-state index contributed by atoms with van der Waals surface area (Å²) in [6.07, 6.45) is 8.60. The van der Waals surface area contributed by atoms with Crippen LogP contribution in [0.4, 0.5) is 5.82 Å². The Morgan fingerprint density at radius 2 is 2.17 bits per heavy atom. The Morgan fingerprint density at radius 3 is 2.96 bits per heavy atom. The molecule has 0 aromatic carbocycles. The first kappa shape index (κ1) is 15.2. The Labute approximate surface area is 141 Å². The van der Waals surface area contributed by atoms with Crippen molar-refractivity contribution in [2.45, 2.75) is 38.6 Å². The lowest BCUT2D eigenvalue weighted by Gasteiger charge is -2.21. The summed E-state index contributed by atoms with van der Waals surface area (Å²) >= 11 is 0. The van der Waals surface area contributed by atoms with Gasteiger partial charge in [0.05, 0.1) is 12.0 Å². The molecule has 2 aromatic heterocycles. The van der Waals surface area contributed by atoms with Crippen LogP contribution in [-0.2, 0) is 24.2 Å². The minimum atomic E-state index is 0.0368. The molecule has 0 spiro atoms. The summed E-state index contributed by atoms with van der Waals surface area (Å²) in [5.41, 5.74) is 3.27. The van der Waals surface area contributed by atoms with Crippen molar-refractivity contribution in [2.24, 2.45) is 5.92 Å². The summed E-state index contributed by atoms with van der Waals surface area (Å²) in [4.78, 5) is 26.7. The first-order chi connectivity index (χ1) is 11.8. The highest BCUT2D eigenvalue weighted by molar-refractivity contribution is 5.79. The topological polar surface area (TPSA) is 73.9 Å². The maximum atomic E-state index is 12.4. The summed E-state index contributed by atoms with van der Waals surface area (Å²) in [6.45, 7) is 2.74. The molecule has 2 aliphatic rings. The second-order valence-corrected chi connectivity index (χ2v) is 6.70. The van der Waals surface area contributed by atoms with E-state index in [1.54, 1.807) is 6.33 Å². The predicted octanol–water partition coefficient (Wildman–Crippen LogP) is 1.83. The van der Waals surface area contributed by atoms with Crippen LogP contribution in [0.2, 0.25) is 0 Å². The van der Waals surface area contributed by atoms with Crippen molar-refractivity contribution in [3.05, 3.63) is 41.6 Å². The third-order valence-electron chi connectivity index (χ3n) is 5.06. The van der Waals surface area contributed by atoms with Gasteiger partial charge in [-0.1, -0.05) is 6.07 Å². The van der Waals surface area contributed by atoms with Crippen molar-refractivity contribution in [1.82, 2.24) is 20.3 Å². The van der Waals surface area contributed by atoms with Gasteiger partial charge < -0.3 is 15.2 Å². The Hall–Kier alpha value is -2.37. The molecular formula is C18H23N5O. The van der Waals surface area contributed by atoms with E-state index in [9.17, 15) is 4.79 Å². The molecule has 2 N–H and O–H groups in total. The van der Waals surface area contributed by atoms with E-state index in [1.807, 2.05) is 6.20 Å². The Bertz CT molecular complexity index is 702. The molecule has 1 fully saturated rings.